The Kier molecular flexibility index (Phi) is 3.37. The third-order valence-corrected chi connectivity index (χ3v) is 3.88. The molecule has 0 aliphatic carbocycles. The molecule has 1 saturated heterocycles. The number of ether oxygens (including phenoxy) is 1. The van der Waals surface area contributed by atoms with Crippen molar-refractivity contribution in [3.63, 3.8) is 0 Å². The molecule has 3 aromatic rings. The predicted molar refractivity (Wildman–Crippen MR) is 79.9 cm³/mol. The lowest BCUT2D eigenvalue weighted by Crippen LogP contribution is -2.39. The fraction of sp³-hybridized carbons (Fsp3) is 0.538. The molecule has 1 fully saturated rings. The van der Waals surface area contributed by atoms with E-state index in [0.29, 0.717) is 19.0 Å². The van der Waals surface area contributed by atoms with Crippen LogP contribution in [0.25, 0.3) is 5.65 Å². The van der Waals surface area contributed by atoms with Gasteiger partial charge >= 0.3 is 0 Å². The highest BCUT2D eigenvalue weighted by Gasteiger charge is 2.27. The van der Waals surface area contributed by atoms with Crippen molar-refractivity contribution in [1.29, 1.82) is 0 Å². The van der Waals surface area contributed by atoms with Gasteiger partial charge in [0, 0.05) is 6.54 Å². The highest BCUT2D eigenvalue weighted by Crippen LogP contribution is 2.27. The molecule has 1 aliphatic heterocycles. The van der Waals surface area contributed by atoms with Crippen LogP contribution in [-0.4, -0.2) is 59.7 Å². The van der Waals surface area contributed by atoms with E-state index in [1.165, 1.54) is 4.80 Å². The Morgan fingerprint density at radius 1 is 1.30 bits per heavy atom. The first-order valence-corrected chi connectivity index (χ1v) is 7.55. The zero-order valence-corrected chi connectivity index (χ0v) is 13.0. The lowest BCUT2D eigenvalue weighted by molar-refractivity contribution is 0.0339. The number of fused-ring (bicyclic) bond motifs is 1. The minimum absolute atomic E-state index is 0.210. The third-order valence-electron chi connectivity index (χ3n) is 3.88. The van der Waals surface area contributed by atoms with Crippen molar-refractivity contribution >= 4 is 11.3 Å². The molecule has 0 aromatic carbocycles. The van der Waals surface area contributed by atoms with Gasteiger partial charge in [-0.3, -0.25) is 0 Å². The molecule has 1 atom stereocenters. The largest absolute Gasteiger partial charge is 0.366 e. The summed E-state index contributed by atoms with van der Waals surface area (Å²) in [7, 11) is 1.74. The molecule has 0 amide bonds. The van der Waals surface area contributed by atoms with Crippen molar-refractivity contribution in [1.82, 2.24) is 40.0 Å². The summed E-state index contributed by atoms with van der Waals surface area (Å²) in [6.45, 7) is 4.08. The number of aromatic nitrogens is 8. The average molecular weight is 315 g/mol. The second kappa shape index (κ2) is 5.54. The lowest BCUT2D eigenvalue weighted by atomic mass is 10.2. The Balaban J connectivity index is 1.68. The van der Waals surface area contributed by atoms with Crippen LogP contribution in [0.1, 0.15) is 24.5 Å². The summed E-state index contributed by atoms with van der Waals surface area (Å²) in [6, 6.07) is 2.07. The molecule has 120 valence electrons. The van der Waals surface area contributed by atoms with Gasteiger partial charge in [-0.05, 0) is 17.7 Å². The van der Waals surface area contributed by atoms with E-state index in [1.54, 1.807) is 17.9 Å². The number of anilines is 1. The van der Waals surface area contributed by atoms with E-state index < -0.39 is 0 Å². The number of morpholine rings is 1. The highest BCUT2D eigenvalue weighted by molar-refractivity contribution is 5.68. The van der Waals surface area contributed by atoms with Crippen LogP contribution in [-0.2, 0) is 18.2 Å². The maximum Gasteiger partial charge on any atom is 0.205 e. The SMILES string of the molecule is CCc1cc(N2CCOC(c3nnn(C)n3)C2)c2nncn2n1. The first-order chi connectivity index (χ1) is 11.2. The molecule has 1 unspecified atom stereocenters. The maximum absolute atomic E-state index is 5.80. The Labute approximate surface area is 132 Å². The van der Waals surface area contributed by atoms with Crippen LogP contribution in [0.2, 0.25) is 0 Å². The molecule has 0 spiro atoms. The number of hydrogen-bond donors (Lipinski definition) is 0. The summed E-state index contributed by atoms with van der Waals surface area (Å²) in [5.41, 5.74) is 2.74. The quantitative estimate of drug-likeness (QED) is 0.654. The van der Waals surface area contributed by atoms with E-state index in [4.69, 9.17) is 4.74 Å². The van der Waals surface area contributed by atoms with Crippen molar-refractivity contribution in [2.75, 3.05) is 24.6 Å². The Bertz CT molecular complexity index is 826. The zero-order chi connectivity index (χ0) is 15.8. The maximum atomic E-state index is 5.80. The molecular formula is C13H17N9O. The normalized spacial score (nSPS) is 18.7. The van der Waals surface area contributed by atoms with Gasteiger partial charge in [0.05, 0.1) is 31.6 Å². The van der Waals surface area contributed by atoms with Crippen molar-refractivity contribution < 1.29 is 4.74 Å². The van der Waals surface area contributed by atoms with Crippen molar-refractivity contribution in [2.45, 2.75) is 19.4 Å². The number of nitrogens with zero attached hydrogens (tertiary/aromatic N) is 9. The van der Waals surface area contributed by atoms with Crippen LogP contribution < -0.4 is 4.90 Å². The third kappa shape index (κ3) is 2.50. The Morgan fingerprint density at radius 2 is 2.22 bits per heavy atom. The number of tetrazole rings is 1. The van der Waals surface area contributed by atoms with Gasteiger partial charge in [0.25, 0.3) is 0 Å². The van der Waals surface area contributed by atoms with Crippen LogP contribution in [0, 0.1) is 0 Å². The van der Waals surface area contributed by atoms with Crippen molar-refractivity contribution in [3.8, 4) is 0 Å². The summed E-state index contributed by atoms with van der Waals surface area (Å²) in [4.78, 5) is 3.66. The summed E-state index contributed by atoms with van der Waals surface area (Å²) in [5.74, 6) is 0.597. The molecule has 0 bridgehead atoms. The Morgan fingerprint density at radius 3 is 3.00 bits per heavy atom. The zero-order valence-electron chi connectivity index (χ0n) is 13.0. The molecule has 0 saturated carbocycles. The first kappa shape index (κ1) is 14.0. The molecule has 0 radical (unpaired) electrons. The molecule has 23 heavy (non-hydrogen) atoms. The first-order valence-electron chi connectivity index (χ1n) is 7.55. The number of aryl methyl sites for hydroxylation is 2. The summed E-state index contributed by atoms with van der Waals surface area (Å²) in [5, 5.41) is 24.8. The molecule has 4 rings (SSSR count). The lowest BCUT2D eigenvalue weighted by Gasteiger charge is -2.33. The molecule has 10 nitrogen and oxygen atoms in total. The van der Waals surface area contributed by atoms with E-state index in [9.17, 15) is 0 Å². The van der Waals surface area contributed by atoms with Crippen molar-refractivity contribution in [2.24, 2.45) is 7.05 Å². The van der Waals surface area contributed by atoms with Gasteiger partial charge in [-0.2, -0.15) is 14.4 Å². The van der Waals surface area contributed by atoms with E-state index in [2.05, 4.69) is 48.6 Å². The van der Waals surface area contributed by atoms with Gasteiger partial charge < -0.3 is 9.64 Å². The fourth-order valence-electron chi connectivity index (χ4n) is 2.72. The van der Waals surface area contributed by atoms with E-state index in [0.717, 1.165) is 30.0 Å². The number of hydrogen-bond acceptors (Lipinski definition) is 8. The molecule has 10 heteroatoms. The van der Waals surface area contributed by atoms with Gasteiger partial charge in [0.2, 0.25) is 11.5 Å². The van der Waals surface area contributed by atoms with Gasteiger partial charge in [0.15, 0.2) is 0 Å². The van der Waals surface area contributed by atoms with Crippen LogP contribution in [0.4, 0.5) is 5.69 Å². The summed E-state index contributed by atoms with van der Waals surface area (Å²) < 4.78 is 7.52. The highest BCUT2D eigenvalue weighted by atomic mass is 16.5. The van der Waals surface area contributed by atoms with Crippen LogP contribution in [0.3, 0.4) is 0 Å². The van der Waals surface area contributed by atoms with Crippen LogP contribution in [0.5, 0.6) is 0 Å². The topological polar surface area (TPSA) is 99.2 Å². The minimum atomic E-state index is -0.210. The van der Waals surface area contributed by atoms with Crippen molar-refractivity contribution in [3.05, 3.63) is 23.9 Å². The van der Waals surface area contributed by atoms with Crippen LogP contribution in [0.15, 0.2) is 12.4 Å². The summed E-state index contributed by atoms with van der Waals surface area (Å²) >= 11 is 0. The average Bonchev–Trinajstić information content (AvgIpc) is 3.22. The molecule has 4 heterocycles. The van der Waals surface area contributed by atoms with E-state index in [-0.39, 0.29) is 6.10 Å². The molecular weight excluding hydrogens is 298 g/mol. The molecule has 0 N–H and O–H groups in total. The predicted octanol–water partition coefficient (Wildman–Crippen LogP) is -0.212. The minimum Gasteiger partial charge on any atom is -0.366 e. The fourth-order valence-corrected chi connectivity index (χ4v) is 2.72. The van der Waals surface area contributed by atoms with Gasteiger partial charge in [0.1, 0.15) is 12.4 Å². The molecule has 1 aliphatic rings. The monoisotopic (exact) mass is 315 g/mol. The second-order valence-corrected chi connectivity index (χ2v) is 5.42. The summed E-state index contributed by atoms with van der Waals surface area (Å²) in [6.07, 6.45) is 2.26. The van der Waals surface area contributed by atoms with E-state index >= 15 is 0 Å². The van der Waals surface area contributed by atoms with E-state index in [1.807, 2.05) is 0 Å². The van der Waals surface area contributed by atoms with Crippen LogP contribution >= 0.6 is 0 Å². The number of rotatable bonds is 3. The standard InChI is InChI=1S/C13H17N9O/c1-3-9-6-10(13-16-14-8-22(13)17-9)21-4-5-23-11(7-21)12-15-19-20(2)18-12/h6,8,11H,3-5,7H2,1-2H3. The van der Waals surface area contributed by atoms with Gasteiger partial charge in [-0.25, -0.2) is 0 Å². The molecule has 3 aromatic heterocycles. The van der Waals surface area contributed by atoms with Gasteiger partial charge in [-0.1, -0.05) is 6.92 Å². The smallest absolute Gasteiger partial charge is 0.205 e. The second-order valence-electron chi connectivity index (χ2n) is 5.42. The Hall–Kier alpha value is -2.62. The van der Waals surface area contributed by atoms with Gasteiger partial charge in [-0.15, -0.1) is 20.4 Å².